The number of benzene rings is 3. The van der Waals surface area contributed by atoms with Gasteiger partial charge >= 0.3 is 0 Å². The Bertz CT molecular complexity index is 1020. The van der Waals surface area contributed by atoms with Gasteiger partial charge in [-0.15, -0.1) is 0 Å². The van der Waals surface area contributed by atoms with Crippen LogP contribution in [0, 0.1) is 6.92 Å². The molecule has 1 N–H and O–H groups in total. The molecule has 0 fully saturated rings. The number of ether oxygens (including phenoxy) is 1. The minimum absolute atomic E-state index is 0.151. The number of nitrogens with one attached hydrogen (secondary N) is 1. The van der Waals surface area contributed by atoms with E-state index in [1.807, 2.05) is 67.6 Å². The van der Waals surface area contributed by atoms with E-state index in [0.717, 1.165) is 11.1 Å². The first kappa shape index (κ1) is 18.7. The molecular formula is C24H22N2O3. The van der Waals surface area contributed by atoms with Crippen LogP contribution in [0.4, 0.5) is 5.69 Å². The molecule has 0 saturated carbocycles. The van der Waals surface area contributed by atoms with Gasteiger partial charge in [0.25, 0.3) is 11.8 Å². The highest BCUT2D eigenvalue weighted by Crippen LogP contribution is 2.34. The molecule has 1 aliphatic heterocycles. The van der Waals surface area contributed by atoms with Crippen molar-refractivity contribution in [2.75, 3.05) is 11.4 Å². The van der Waals surface area contributed by atoms with E-state index in [9.17, 15) is 9.59 Å². The first-order chi connectivity index (χ1) is 14.1. The summed E-state index contributed by atoms with van der Waals surface area (Å²) in [5.74, 6) is 0.130. The summed E-state index contributed by atoms with van der Waals surface area (Å²) in [5.41, 5.74) is 3.34. The Morgan fingerprint density at radius 3 is 2.41 bits per heavy atom. The molecule has 2 amide bonds. The smallest absolute Gasteiger partial charge is 0.263 e. The molecule has 0 saturated heterocycles. The van der Waals surface area contributed by atoms with Crippen LogP contribution in [0.3, 0.4) is 0 Å². The van der Waals surface area contributed by atoms with Crippen molar-refractivity contribution in [2.45, 2.75) is 19.6 Å². The van der Waals surface area contributed by atoms with Crippen molar-refractivity contribution in [3.05, 3.63) is 95.6 Å². The Labute approximate surface area is 169 Å². The molecule has 3 aromatic carbocycles. The topological polar surface area (TPSA) is 58.6 Å². The fourth-order valence-corrected chi connectivity index (χ4v) is 3.31. The fourth-order valence-electron chi connectivity index (χ4n) is 3.31. The average molecular weight is 386 g/mol. The zero-order valence-electron chi connectivity index (χ0n) is 16.2. The summed E-state index contributed by atoms with van der Waals surface area (Å²) < 4.78 is 5.91. The van der Waals surface area contributed by atoms with Crippen molar-refractivity contribution in [3.63, 3.8) is 0 Å². The van der Waals surface area contributed by atoms with Crippen molar-refractivity contribution in [2.24, 2.45) is 0 Å². The van der Waals surface area contributed by atoms with Gasteiger partial charge in [-0.1, -0.05) is 60.2 Å². The highest BCUT2D eigenvalue weighted by molar-refractivity contribution is 6.07. The third-order valence-corrected chi connectivity index (χ3v) is 4.92. The molecular weight excluding hydrogens is 364 g/mol. The number of para-hydroxylation sites is 2. The summed E-state index contributed by atoms with van der Waals surface area (Å²) in [7, 11) is 0. The monoisotopic (exact) mass is 386 g/mol. The van der Waals surface area contributed by atoms with Crippen molar-refractivity contribution < 1.29 is 14.3 Å². The third-order valence-electron chi connectivity index (χ3n) is 4.92. The molecule has 29 heavy (non-hydrogen) atoms. The number of hydrogen-bond donors (Lipinski definition) is 1. The second kappa shape index (κ2) is 8.19. The first-order valence-electron chi connectivity index (χ1n) is 9.57. The van der Waals surface area contributed by atoms with Crippen LogP contribution in [0.15, 0.2) is 78.9 Å². The number of hydrogen-bond acceptors (Lipinski definition) is 3. The van der Waals surface area contributed by atoms with Crippen LogP contribution >= 0.6 is 0 Å². The van der Waals surface area contributed by atoms with Gasteiger partial charge in [-0.2, -0.15) is 0 Å². The lowest BCUT2D eigenvalue weighted by molar-refractivity contribution is -0.127. The largest absolute Gasteiger partial charge is 0.477 e. The van der Waals surface area contributed by atoms with Crippen molar-refractivity contribution in [3.8, 4) is 5.75 Å². The summed E-state index contributed by atoms with van der Waals surface area (Å²) in [6.45, 7) is 2.54. The Kier molecular flexibility index (Phi) is 5.29. The lowest BCUT2D eigenvalue weighted by Gasteiger charge is -2.34. The van der Waals surface area contributed by atoms with E-state index in [-0.39, 0.29) is 18.4 Å². The molecule has 0 bridgehead atoms. The van der Waals surface area contributed by atoms with Gasteiger partial charge in [0, 0.05) is 12.1 Å². The summed E-state index contributed by atoms with van der Waals surface area (Å²) in [4.78, 5) is 27.5. The average Bonchev–Trinajstić information content (AvgIpc) is 2.77. The zero-order valence-corrected chi connectivity index (χ0v) is 16.2. The SMILES string of the molecule is Cc1ccc(C(=O)N2CC(C(=O)NCc3ccccc3)Oc3ccccc32)cc1. The Hall–Kier alpha value is -3.60. The van der Waals surface area contributed by atoms with E-state index < -0.39 is 6.10 Å². The molecule has 4 rings (SSSR count). The maximum atomic E-state index is 13.2. The van der Waals surface area contributed by atoms with Gasteiger partial charge in [0.2, 0.25) is 0 Å². The molecule has 0 radical (unpaired) electrons. The molecule has 1 aliphatic rings. The van der Waals surface area contributed by atoms with E-state index in [1.165, 1.54) is 0 Å². The summed E-state index contributed by atoms with van der Waals surface area (Å²) >= 11 is 0. The van der Waals surface area contributed by atoms with E-state index in [2.05, 4.69) is 5.32 Å². The predicted molar refractivity (Wildman–Crippen MR) is 112 cm³/mol. The number of nitrogens with zero attached hydrogens (tertiary/aromatic N) is 1. The van der Waals surface area contributed by atoms with Crippen LogP contribution in [0.25, 0.3) is 0 Å². The molecule has 1 unspecified atom stereocenters. The van der Waals surface area contributed by atoms with Crippen LogP contribution in [-0.2, 0) is 11.3 Å². The standard InChI is InChI=1S/C24H22N2O3/c1-17-11-13-19(14-12-17)24(28)26-16-22(29-21-10-6-5-9-20(21)26)23(27)25-15-18-7-3-2-4-8-18/h2-14,22H,15-16H2,1H3,(H,25,27). The number of carbonyl (C=O) groups excluding carboxylic acids is 2. The Morgan fingerprint density at radius 1 is 0.966 bits per heavy atom. The number of rotatable bonds is 4. The maximum absolute atomic E-state index is 13.2. The maximum Gasteiger partial charge on any atom is 0.263 e. The number of fused-ring (bicyclic) bond motifs is 1. The molecule has 3 aromatic rings. The minimum atomic E-state index is -0.775. The predicted octanol–water partition coefficient (Wildman–Crippen LogP) is 3.72. The van der Waals surface area contributed by atoms with Gasteiger partial charge in [-0.25, -0.2) is 0 Å². The van der Waals surface area contributed by atoms with Crippen LogP contribution in [-0.4, -0.2) is 24.5 Å². The summed E-state index contributed by atoms with van der Waals surface area (Å²) in [6.07, 6.45) is -0.775. The van der Waals surface area contributed by atoms with E-state index in [0.29, 0.717) is 23.5 Å². The second-order valence-corrected chi connectivity index (χ2v) is 7.06. The van der Waals surface area contributed by atoms with Gasteiger partial charge in [-0.05, 0) is 36.8 Å². The molecule has 0 spiro atoms. The van der Waals surface area contributed by atoms with Crippen LogP contribution in [0.5, 0.6) is 5.75 Å². The number of anilines is 1. The summed E-state index contributed by atoms with van der Waals surface area (Å²) in [6, 6.07) is 24.4. The lowest BCUT2D eigenvalue weighted by Crippen LogP contribution is -2.50. The molecule has 0 aromatic heterocycles. The molecule has 1 heterocycles. The Balaban J connectivity index is 1.54. The van der Waals surface area contributed by atoms with E-state index in [4.69, 9.17) is 4.74 Å². The Morgan fingerprint density at radius 2 is 1.66 bits per heavy atom. The molecule has 5 nitrogen and oxygen atoms in total. The van der Waals surface area contributed by atoms with E-state index in [1.54, 1.807) is 23.1 Å². The molecule has 0 aliphatic carbocycles. The van der Waals surface area contributed by atoms with Crippen LogP contribution in [0.1, 0.15) is 21.5 Å². The normalized spacial score (nSPS) is 15.2. The quantitative estimate of drug-likeness (QED) is 0.744. The van der Waals surface area contributed by atoms with Crippen molar-refractivity contribution >= 4 is 17.5 Å². The lowest BCUT2D eigenvalue weighted by atomic mass is 10.1. The highest BCUT2D eigenvalue weighted by atomic mass is 16.5. The highest BCUT2D eigenvalue weighted by Gasteiger charge is 2.34. The number of amides is 2. The number of carbonyl (C=O) groups is 2. The molecule has 5 heteroatoms. The van der Waals surface area contributed by atoms with Gasteiger partial charge < -0.3 is 15.0 Å². The van der Waals surface area contributed by atoms with Crippen molar-refractivity contribution in [1.29, 1.82) is 0 Å². The summed E-state index contributed by atoms with van der Waals surface area (Å²) in [5, 5.41) is 2.90. The fraction of sp³-hybridized carbons (Fsp3) is 0.167. The van der Waals surface area contributed by atoms with E-state index >= 15 is 0 Å². The molecule has 146 valence electrons. The van der Waals surface area contributed by atoms with Gasteiger partial charge in [-0.3, -0.25) is 9.59 Å². The van der Waals surface area contributed by atoms with Gasteiger partial charge in [0.1, 0.15) is 5.75 Å². The first-order valence-corrected chi connectivity index (χ1v) is 9.57. The number of aryl methyl sites for hydroxylation is 1. The van der Waals surface area contributed by atoms with Gasteiger partial charge in [0.05, 0.1) is 12.2 Å². The third kappa shape index (κ3) is 4.14. The van der Waals surface area contributed by atoms with Crippen LogP contribution < -0.4 is 15.0 Å². The van der Waals surface area contributed by atoms with Crippen molar-refractivity contribution in [1.82, 2.24) is 5.32 Å². The van der Waals surface area contributed by atoms with Gasteiger partial charge in [0.15, 0.2) is 6.10 Å². The second-order valence-electron chi connectivity index (χ2n) is 7.06. The van der Waals surface area contributed by atoms with Crippen LogP contribution in [0.2, 0.25) is 0 Å². The zero-order chi connectivity index (χ0) is 20.2. The molecule has 1 atom stereocenters. The minimum Gasteiger partial charge on any atom is -0.477 e.